The fraction of sp³-hybridized carbons (Fsp3) is 0.143. The van der Waals surface area contributed by atoms with Gasteiger partial charge in [-0.1, -0.05) is 0 Å². The van der Waals surface area contributed by atoms with Crippen LogP contribution in [0.25, 0.3) is 0 Å². The summed E-state index contributed by atoms with van der Waals surface area (Å²) >= 11 is 0. The van der Waals surface area contributed by atoms with Gasteiger partial charge in [-0.3, -0.25) is 0 Å². The van der Waals surface area contributed by atoms with Crippen LogP contribution in [0.4, 0.5) is 18.9 Å². The lowest BCUT2D eigenvalue weighted by Crippen LogP contribution is -2.21. The van der Waals surface area contributed by atoms with Gasteiger partial charge in [0.2, 0.25) is 0 Å². The molecule has 7 nitrogen and oxygen atoms in total. The molecule has 4 N–H and O–H groups in total. The van der Waals surface area contributed by atoms with Gasteiger partial charge in [0.25, 0.3) is 10.0 Å². The summed E-state index contributed by atoms with van der Waals surface area (Å²) in [6, 6.07) is 1.21. The number of nitrogen functional groups attached to an aromatic ring is 1. The number of nitriles is 1. The van der Waals surface area contributed by atoms with E-state index in [1.807, 2.05) is 0 Å². The summed E-state index contributed by atoms with van der Waals surface area (Å²) in [6.45, 7) is 0. The zero-order valence-electron chi connectivity index (χ0n) is 8.39. The lowest BCUT2D eigenvalue weighted by Gasteiger charge is -2.13. The van der Waals surface area contributed by atoms with E-state index in [2.05, 4.69) is 9.72 Å². The minimum absolute atomic E-state index is 0.599. The molecular formula is C7H5F3N4O3S. The molecule has 0 aliphatic rings. The van der Waals surface area contributed by atoms with Crippen LogP contribution in [-0.2, 0) is 10.0 Å². The second-order valence-electron chi connectivity index (χ2n) is 2.93. The number of nitrogens with two attached hydrogens (primary N) is 2. The number of hydrogen-bond donors (Lipinski definition) is 2. The van der Waals surface area contributed by atoms with Crippen molar-refractivity contribution in [3.63, 3.8) is 0 Å². The maximum absolute atomic E-state index is 12.1. The molecule has 0 saturated heterocycles. The molecule has 0 aliphatic heterocycles. The number of anilines is 1. The summed E-state index contributed by atoms with van der Waals surface area (Å²) in [6.07, 6.45) is -4.54. The first-order valence-electron chi connectivity index (χ1n) is 4.03. The first-order valence-corrected chi connectivity index (χ1v) is 5.58. The highest BCUT2D eigenvalue weighted by Gasteiger charge is 2.35. The lowest BCUT2D eigenvalue weighted by molar-refractivity contribution is -0.274. The Balaban J connectivity index is 3.57. The molecule has 0 saturated carbocycles. The van der Waals surface area contributed by atoms with Crippen LogP contribution in [0.1, 0.15) is 5.56 Å². The number of alkyl halides is 3. The fourth-order valence-corrected chi connectivity index (χ4v) is 1.66. The smallest absolute Gasteiger partial charge is 0.402 e. The van der Waals surface area contributed by atoms with Crippen LogP contribution in [0.5, 0.6) is 5.75 Å². The van der Waals surface area contributed by atoms with Crippen molar-refractivity contribution in [3.05, 3.63) is 11.8 Å². The highest BCUT2D eigenvalue weighted by atomic mass is 32.2. The quantitative estimate of drug-likeness (QED) is 0.789. The number of pyridine rings is 1. The maximum Gasteiger partial charge on any atom is 0.573 e. The standard InChI is InChI=1S/C7H5F3N4O3S/c8-7(9,10)17-5-3(1-11)6(18(13,15)16)14-2-4(5)12/h2H,12H2,(H2,13,15,16). The normalized spacial score (nSPS) is 11.9. The SMILES string of the molecule is N#Cc1c(S(N)(=O)=O)ncc(N)c1OC(F)(F)F. The third-order valence-corrected chi connectivity index (χ3v) is 2.47. The predicted molar refractivity (Wildman–Crippen MR) is 51.4 cm³/mol. The van der Waals surface area contributed by atoms with Crippen molar-refractivity contribution < 1.29 is 26.3 Å². The van der Waals surface area contributed by atoms with Gasteiger partial charge in [-0.2, -0.15) is 5.26 Å². The molecule has 1 heterocycles. The molecule has 1 aromatic heterocycles. The zero-order valence-corrected chi connectivity index (χ0v) is 9.21. The van der Waals surface area contributed by atoms with E-state index in [0.29, 0.717) is 6.20 Å². The summed E-state index contributed by atoms with van der Waals surface area (Å²) in [5, 5.41) is 12.3. The van der Waals surface area contributed by atoms with Crippen LogP contribution in [0.2, 0.25) is 0 Å². The third kappa shape index (κ3) is 2.99. The Morgan fingerprint density at radius 3 is 2.39 bits per heavy atom. The van der Waals surface area contributed by atoms with Crippen LogP contribution in [0.15, 0.2) is 11.2 Å². The van der Waals surface area contributed by atoms with Gasteiger partial charge in [-0.25, -0.2) is 18.5 Å². The zero-order chi connectivity index (χ0) is 14.1. The van der Waals surface area contributed by atoms with Crippen molar-refractivity contribution in [1.29, 1.82) is 5.26 Å². The molecule has 0 radical (unpaired) electrons. The molecule has 0 aromatic carbocycles. The van der Waals surface area contributed by atoms with Crippen LogP contribution < -0.4 is 15.6 Å². The van der Waals surface area contributed by atoms with E-state index in [-0.39, 0.29) is 0 Å². The van der Waals surface area contributed by atoms with E-state index in [0.717, 1.165) is 0 Å². The highest BCUT2D eigenvalue weighted by molar-refractivity contribution is 7.89. The average Bonchev–Trinajstić information content (AvgIpc) is 2.17. The summed E-state index contributed by atoms with van der Waals surface area (Å²) < 4.78 is 61.8. The molecule has 1 aromatic rings. The number of sulfonamides is 1. The van der Waals surface area contributed by atoms with Gasteiger partial charge in [-0.05, 0) is 0 Å². The van der Waals surface area contributed by atoms with Crippen LogP contribution >= 0.6 is 0 Å². The predicted octanol–water partition coefficient (Wildman–Crippen LogP) is 0.0815. The van der Waals surface area contributed by atoms with E-state index >= 15 is 0 Å². The molecule has 0 spiro atoms. The number of primary sulfonamides is 1. The first-order chi connectivity index (χ1) is 8.06. The Bertz CT molecular complexity index is 620. The van der Waals surface area contributed by atoms with Crippen LogP contribution in [0, 0.1) is 11.3 Å². The number of halogens is 3. The second-order valence-corrected chi connectivity index (χ2v) is 4.40. The number of nitrogens with zero attached hydrogens (tertiary/aromatic N) is 2. The van der Waals surface area contributed by atoms with Gasteiger partial charge >= 0.3 is 6.36 Å². The summed E-state index contributed by atoms with van der Waals surface area (Å²) in [4.78, 5) is 3.20. The van der Waals surface area contributed by atoms with Gasteiger partial charge in [0.15, 0.2) is 10.8 Å². The van der Waals surface area contributed by atoms with Crippen molar-refractivity contribution >= 4 is 15.7 Å². The Morgan fingerprint density at radius 2 is 2.00 bits per heavy atom. The van der Waals surface area contributed by atoms with Crippen LogP contribution in [-0.4, -0.2) is 19.8 Å². The van der Waals surface area contributed by atoms with Crippen molar-refractivity contribution in [2.45, 2.75) is 11.4 Å². The maximum atomic E-state index is 12.1. The molecule has 11 heteroatoms. The largest absolute Gasteiger partial charge is 0.573 e. The summed E-state index contributed by atoms with van der Waals surface area (Å²) in [5.74, 6) is -1.15. The molecule has 0 unspecified atom stereocenters. The first kappa shape index (κ1) is 14.0. The van der Waals surface area contributed by atoms with Crippen molar-refractivity contribution in [2.75, 3.05) is 5.73 Å². The molecule has 0 atom stereocenters. The minimum atomic E-state index is -5.14. The third-order valence-electron chi connectivity index (χ3n) is 1.62. The van der Waals surface area contributed by atoms with E-state index in [1.54, 1.807) is 0 Å². The van der Waals surface area contributed by atoms with Gasteiger partial charge in [-0.15, -0.1) is 13.2 Å². The number of rotatable bonds is 2. The fourth-order valence-electron chi connectivity index (χ4n) is 1.03. The average molecular weight is 282 g/mol. The summed E-state index contributed by atoms with van der Waals surface area (Å²) in [7, 11) is -4.48. The van der Waals surface area contributed by atoms with Gasteiger partial charge in [0.05, 0.1) is 11.9 Å². The Morgan fingerprint density at radius 1 is 1.44 bits per heavy atom. The molecule has 98 valence electrons. The minimum Gasteiger partial charge on any atom is -0.402 e. The molecule has 0 bridgehead atoms. The topological polar surface area (TPSA) is 132 Å². The second kappa shape index (κ2) is 4.31. The molecular weight excluding hydrogens is 277 g/mol. The van der Waals surface area contributed by atoms with Gasteiger partial charge in [0, 0.05) is 0 Å². The van der Waals surface area contributed by atoms with Gasteiger partial charge in [0.1, 0.15) is 11.6 Å². The highest BCUT2D eigenvalue weighted by Crippen LogP contribution is 2.33. The van der Waals surface area contributed by atoms with E-state index in [9.17, 15) is 21.6 Å². The monoisotopic (exact) mass is 282 g/mol. The Hall–Kier alpha value is -2.06. The van der Waals surface area contributed by atoms with E-state index < -0.39 is 38.4 Å². The molecule has 0 aliphatic carbocycles. The van der Waals surface area contributed by atoms with E-state index in [1.165, 1.54) is 6.07 Å². The van der Waals surface area contributed by atoms with Gasteiger partial charge < -0.3 is 10.5 Å². The molecule has 0 fully saturated rings. The van der Waals surface area contributed by atoms with Crippen molar-refractivity contribution in [2.24, 2.45) is 5.14 Å². The van der Waals surface area contributed by atoms with Crippen molar-refractivity contribution in [1.82, 2.24) is 4.98 Å². The number of aromatic nitrogens is 1. The van der Waals surface area contributed by atoms with Crippen molar-refractivity contribution in [3.8, 4) is 11.8 Å². The number of hydrogen-bond acceptors (Lipinski definition) is 6. The van der Waals surface area contributed by atoms with Crippen LogP contribution in [0.3, 0.4) is 0 Å². The molecule has 1 rings (SSSR count). The Kier molecular flexibility index (Phi) is 3.36. The lowest BCUT2D eigenvalue weighted by atomic mass is 10.2. The van der Waals surface area contributed by atoms with E-state index in [4.69, 9.17) is 16.1 Å². The molecule has 0 amide bonds. The summed E-state index contributed by atoms with van der Waals surface area (Å²) in [5.41, 5.74) is 3.49. The Labute approximate surface area is 98.8 Å². The molecule has 18 heavy (non-hydrogen) atoms. The number of ether oxygens (including phenoxy) is 1.